The third kappa shape index (κ3) is 2.60. The zero-order valence-corrected chi connectivity index (χ0v) is 9.87. The Morgan fingerprint density at radius 3 is 3.11 bits per heavy atom. The van der Waals surface area contributed by atoms with Crippen LogP contribution in [0.2, 0.25) is 0 Å². The van der Waals surface area contributed by atoms with Crippen LogP contribution in [0, 0.1) is 17.2 Å². The molecule has 1 aliphatic heterocycles. The molecule has 5 heteroatoms. The highest BCUT2D eigenvalue weighted by atomic mass is 16.6. The molecule has 1 amide bonds. The van der Waals surface area contributed by atoms with Crippen molar-refractivity contribution >= 4 is 11.8 Å². The van der Waals surface area contributed by atoms with Gasteiger partial charge in [0.2, 0.25) is 0 Å². The summed E-state index contributed by atoms with van der Waals surface area (Å²) >= 11 is 0. The Labute approximate surface area is 105 Å². The van der Waals surface area contributed by atoms with Crippen molar-refractivity contribution in [3.05, 3.63) is 29.8 Å². The van der Waals surface area contributed by atoms with Gasteiger partial charge in [0.25, 0.3) is 0 Å². The Morgan fingerprint density at radius 1 is 1.56 bits per heavy atom. The smallest absolute Gasteiger partial charge is 0.414 e. The number of aliphatic hydroxyl groups is 1. The van der Waals surface area contributed by atoms with Gasteiger partial charge in [-0.15, -0.1) is 0 Å². The second kappa shape index (κ2) is 5.52. The Balaban J connectivity index is 2.19. The van der Waals surface area contributed by atoms with Gasteiger partial charge < -0.3 is 9.84 Å². The normalized spacial score (nSPS) is 19.2. The van der Waals surface area contributed by atoms with Gasteiger partial charge in [0.15, 0.2) is 0 Å². The number of hydrogen-bond acceptors (Lipinski definition) is 4. The number of amides is 1. The Hall–Kier alpha value is -2.06. The highest BCUT2D eigenvalue weighted by Crippen LogP contribution is 2.23. The van der Waals surface area contributed by atoms with E-state index in [0.29, 0.717) is 30.8 Å². The van der Waals surface area contributed by atoms with Gasteiger partial charge in [-0.3, -0.25) is 4.90 Å². The van der Waals surface area contributed by atoms with Gasteiger partial charge in [-0.05, 0) is 24.6 Å². The van der Waals surface area contributed by atoms with Gasteiger partial charge in [0.1, 0.15) is 0 Å². The molecule has 0 aromatic heterocycles. The van der Waals surface area contributed by atoms with Crippen LogP contribution in [0.1, 0.15) is 12.0 Å². The number of carbonyl (C=O) groups is 1. The van der Waals surface area contributed by atoms with E-state index < -0.39 is 6.09 Å². The molecule has 2 rings (SSSR count). The molecule has 1 heterocycles. The Morgan fingerprint density at radius 2 is 2.39 bits per heavy atom. The first kappa shape index (κ1) is 12.4. The van der Waals surface area contributed by atoms with E-state index in [9.17, 15) is 4.79 Å². The largest absolute Gasteiger partial charge is 0.449 e. The van der Waals surface area contributed by atoms with Crippen molar-refractivity contribution in [3.63, 3.8) is 0 Å². The van der Waals surface area contributed by atoms with Crippen LogP contribution in [0.25, 0.3) is 0 Å². The van der Waals surface area contributed by atoms with Gasteiger partial charge in [0.05, 0.1) is 18.2 Å². The fourth-order valence-corrected chi connectivity index (χ4v) is 1.96. The number of hydrogen-bond donors (Lipinski definition) is 1. The van der Waals surface area contributed by atoms with Crippen LogP contribution in [0.5, 0.6) is 0 Å². The minimum Gasteiger partial charge on any atom is -0.449 e. The lowest BCUT2D eigenvalue weighted by atomic mass is 10.0. The molecule has 1 aromatic rings. The minimum absolute atomic E-state index is 0.0777. The lowest BCUT2D eigenvalue weighted by Crippen LogP contribution is -2.43. The molecular weight excluding hydrogens is 232 g/mol. The number of carbonyl (C=O) groups excluding carboxylic acids is 1. The molecule has 0 spiro atoms. The maximum Gasteiger partial charge on any atom is 0.414 e. The molecule has 1 N–H and O–H groups in total. The second-order valence-electron chi connectivity index (χ2n) is 4.23. The molecule has 94 valence electrons. The Bertz CT molecular complexity index is 481. The molecule has 1 fully saturated rings. The number of anilines is 1. The average Bonchev–Trinajstić information content (AvgIpc) is 2.41. The van der Waals surface area contributed by atoms with Crippen LogP contribution in [-0.2, 0) is 4.74 Å². The van der Waals surface area contributed by atoms with E-state index in [2.05, 4.69) is 0 Å². The molecular formula is C13H14N2O3. The Kier molecular flexibility index (Phi) is 3.80. The van der Waals surface area contributed by atoms with E-state index in [-0.39, 0.29) is 12.5 Å². The number of ether oxygens (including phenoxy) is 1. The summed E-state index contributed by atoms with van der Waals surface area (Å²) in [4.78, 5) is 13.2. The van der Waals surface area contributed by atoms with Gasteiger partial charge >= 0.3 is 6.09 Å². The van der Waals surface area contributed by atoms with E-state index in [0.717, 1.165) is 0 Å². The first-order valence-electron chi connectivity index (χ1n) is 5.80. The van der Waals surface area contributed by atoms with Crippen LogP contribution >= 0.6 is 0 Å². The minimum atomic E-state index is -0.403. The number of nitriles is 1. The summed E-state index contributed by atoms with van der Waals surface area (Å²) in [7, 11) is 0. The SMILES string of the molecule is N#Cc1cccc(N2CC(CCO)COC2=O)c1. The summed E-state index contributed by atoms with van der Waals surface area (Å²) < 4.78 is 5.08. The van der Waals surface area contributed by atoms with Crippen LogP contribution in [0.4, 0.5) is 10.5 Å². The highest BCUT2D eigenvalue weighted by Gasteiger charge is 2.28. The molecule has 1 aliphatic rings. The van der Waals surface area contributed by atoms with E-state index >= 15 is 0 Å². The molecule has 1 saturated heterocycles. The van der Waals surface area contributed by atoms with E-state index in [1.165, 1.54) is 4.90 Å². The monoisotopic (exact) mass is 246 g/mol. The number of cyclic esters (lactones) is 1. The predicted octanol–water partition coefficient (Wildman–Crippen LogP) is 1.51. The highest BCUT2D eigenvalue weighted by molar-refractivity contribution is 5.88. The van der Waals surface area contributed by atoms with E-state index in [4.69, 9.17) is 15.1 Å². The first-order valence-corrected chi connectivity index (χ1v) is 5.80. The topological polar surface area (TPSA) is 73.6 Å². The molecule has 1 unspecified atom stereocenters. The summed E-state index contributed by atoms with van der Waals surface area (Å²) in [5, 5.41) is 17.8. The van der Waals surface area contributed by atoms with Crippen molar-refractivity contribution in [2.24, 2.45) is 5.92 Å². The number of nitrogens with zero attached hydrogens (tertiary/aromatic N) is 2. The summed E-state index contributed by atoms with van der Waals surface area (Å²) in [6.07, 6.45) is 0.195. The number of aliphatic hydroxyl groups excluding tert-OH is 1. The lowest BCUT2D eigenvalue weighted by Gasteiger charge is -2.32. The second-order valence-corrected chi connectivity index (χ2v) is 4.23. The van der Waals surface area contributed by atoms with Crippen molar-refractivity contribution in [1.29, 1.82) is 5.26 Å². The van der Waals surface area contributed by atoms with Crippen LogP contribution in [-0.4, -0.2) is 31.0 Å². The predicted molar refractivity (Wildman–Crippen MR) is 65.0 cm³/mol. The average molecular weight is 246 g/mol. The van der Waals surface area contributed by atoms with Gasteiger partial charge in [-0.1, -0.05) is 6.07 Å². The van der Waals surface area contributed by atoms with Crippen molar-refractivity contribution in [3.8, 4) is 6.07 Å². The number of benzene rings is 1. The molecule has 0 aliphatic carbocycles. The zero-order chi connectivity index (χ0) is 13.0. The fourth-order valence-electron chi connectivity index (χ4n) is 1.96. The molecule has 0 bridgehead atoms. The van der Waals surface area contributed by atoms with Crippen LogP contribution < -0.4 is 4.90 Å². The molecule has 5 nitrogen and oxygen atoms in total. The molecule has 1 atom stereocenters. The van der Waals surface area contributed by atoms with Gasteiger partial charge in [-0.2, -0.15) is 5.26 Å². The van der Waals surface area contributed by atoms with Crippen LogP contribution in [0.3, 0.4) is 0 Å². The van der Waals surface area contributed by atoms with E-state index in [1.807, 2.05) is 6.07 Å². The summed E-state index contributed by atoms with van der Waals surface area (Å²) in [5.74, 6) is 0.124. The standard InChI is InChI=1S/C13H14N2O3/c14-7-10-2-1-3-12(6-10)15-8-11(4-5-16)9-18-13(15)17/h1-3,6,11,16H,4-5,8-9H2. The number of rotatable bonds is 3. The lowest BCUT2D eigenvalue weighted by molar-refractivity contribution is 0.104. The van der Waals surface area contributed by atoms with Crippen molar-refractivity contribution < 1.29 is 14.6 Å². The molecule has 0 saturated carbocycles. The van der Waals surface area contributed by atoms with Crippen molar-refractivity contribution in [2.45, 2.75) is 6.42 Å². The first-order chi connectivity index (χ1) is 8.74. The van der Waals surface area contributed by atoms with Gasteiger partial charge in [-0.25, -0.2) is 4.79 Å². The third-order valence-corrected chi connectivity index (χ3v) is 2.93. The van der Waals surface area contributed by atoms with E-state index in [1.54, 1.807) is 24.3 Å². The van der Waals surface area contributed by atoms with Crippen molar-refractivity contribution in [1.82, 2.24) is 0 Å². The van der Waals surface area contributed by atoms with Gasteiger partial charge in [0, 0.05) is 24.8 Å². The van der Waals surface area contributed by atoms with Crippen molar-refractivity contribution in [2.75, 3.05) is 24.7 Å². The summed E-state index contributed by atoms with van der Waals surface area (Å²) in [5.41, 5.74) is 1.16. The molecule has 18 heavy (non-hydrogen) atoms. The third-order valence-electron chi connectivity index (χ3n) is 2.93. The molecule has 1 aromatic carbocycles. The maximum atomic E-state index is 11.7. The summed E-state index contributed by atoms with van der Waals surface area (Å²) in [6, 6.07) is 8.88. The molecule has 0 radical (unpaired) electrons. The maximum absolute atomic E-state index is 11.7. The fraction of sp³-hybridized carbons (Fsp3) is 0.385. The summed E-state index contributed by atoms with van der Waals surface area (Å²) in [6.45, 7) is 0.927. The zero-order valence-electron chi connectivity index (χ0n) is 9.87. The quantitative estimate of drug-likeness (QED) is 0.877. The van der Waals surface area contributed by atoms with Crippen LogP contribution in [0.15, 0.2) is 24.3 Å².